The van der Waals surface area contributed by atoms with E-state index in [2.05, 4.69) is 0 Å². The maximum atomic E-state index is 13.1. The number of hydrogen-bond acceptors (Lipinski definition) is 2. The molecule has 19 heavy (non-hydrogen) atoms. The zero-order valence-electron chi connectivity index (χ0n) is 11.4. The van der Waals surface area contributed by atoms with Gasteiger partial charge >= 0.3 is 0 Å². The Labute approximate surface area is 114 Å². The van der Waals surface area contributed by atoms with Crippen molar-refractivity contribution in [3.05, 3.63) is 35.6 Å². The largest absolute Gasteiger partial charge is 0.373 e. The predicted octanol–water partition coefficient (Wildman–Crippen LogP) is 3.53. The Morgan fingerprint density at radius 3 is 2.74 bits per heavy atom. The average molecular weight is 264 g/mol. The van der Waals surface area contributed by atoms with Crippen LogP contribution in [-0.4, -0.2) is 19.0 Å². The molecule has 0 heterocycles. The Hall–Kier alpha value is -1.22. The maximum Gasteiger partial charge on any atom is 0.166 e. The standard InChI is InChI=1S/C16H21FO2/c1-19-16(13-7-3-2-4-8-13)15(18)11-12-6-5-9-14(17)10-12/h5-6,9-10,13,16H,2-4,7-8,11H2,1H3. The van der Waals surface area contributed by atoms with Crippen molar-refractivity contribution in [3.8, 4) is 0 Å². The lowest BCUT2D eigenvalue weighted by atomic mass is 9.82. The molecule has 0 aliphatic heterocycles. The number of rotatable bonds is 5. The highest BCUT2D eigenvalue weighted by molar-refractivity contribution is 5.85. The summed E-state index contributed by atoms with van der Waals surface area (Å²) in [5.74, 6) is 0.108. The number of hydrogen-bond donors (Lipinski definition) is 0. The molecule has 0 saturated heterocycles. The molecule has 1 fully saturated rings. The van der Waals surface area contributed by atoms with E-state index in [4.69, 9.17) is 4.74 Å². The number of Topliss-reactive ketones (excluding diaryl/α,β-unsaturated/α-hetero) is 1. The van der Waals surface area contributed by atoms with Gasteiger partial charge in [-0.3, -0.25) is 4.79 Å². The molecule has 1 aromatic carbocycles. The van der Waals surface area contributed by atoms with Gasteiger partial charge in [-0.15, -0.1) is 0 Å². The second-order valence-electron chi connectivity index (χ2n) is 5.33. The first-order chi connectivity index (χ1) is 9.20. The van der Waals surface area contributed by atoms with Gasteiger partial charge < -0.3 is 4.74 Å². The molecule has 0 spiro atoms. The van der Waals surface area contributed by atoms with Gasteiger partial charge in [0.05, 0.1) is 0 Å². The van der Waals surface area contributed by atoms with Gasteiger partial charge in [0.15, 0.2) is 5.78 Å². The summed E-state index contributed by atoms with van der Waals surface area (Å²) in [5.41, 5.74) is 0.725. The summed E-state index contributed by atoms with van der Waals surface area (Å²) in [6.45, 7) is 0. The average Bonchev–Trinajstić information content (AvgIpc) is 2.41. The predicted molar refractivity (Wildman–Crippen MR) is 72.5 cm³/mol. The van der Waals surface area contributed by atoms with Crippen LogP contribution in [0, 0.1) is 11.7 Å². The van der Waals surface area contributed by atoms with Crippen molar-refractivity contribution < 1.29 is 13.9 Å². The van der Waals surface area contributed by atoms with Crippen LogP contribution in [0.2, 0.25) is 0 Å². The maximum absolute atomic E-state index is 13.1. The van der Waals surface area contributed by atoms with Crippen molar-refractivity contribution in [2.45, 2.75) is 44.6 Å². The van der Waals surface area contributed by atoms with E-state index in [9.17, 15) is 9.18 Å². The summed E-state index contributed by atoms with van der Waals surface area (Å²) < 4.78 is 18.5. The Morgan fingerprint density at radius 2 is 2.11 bits per heavy atom. The van der Waals surface area contributed by atoms with E-state index in [0.29, 0.717) is 5.92 Å². The van der Waals surface area contributed by atoms with Crippen molar-refractivity contribution >= 4 is 5.78 Å². The highest BCUT2D eigenvalue weighted by atomic mass is 19.1. The number of ketones is 1. The van der Waals surface area contributed by atoms with E-state index in [1.807, 2.05) is 0 Å². The fourth-order valence-electron chi connectivity index (χ4n) is 2.97. The van der Waals surface area contributed by atoms with Gasteiger partial charge in [-0.25, -0.2) is 4.39 Å². The molecule has 1 aliphatic rings. The number of ether oxygens (including phenoxy) is 1. The molecule has 0 aromatic heterocycles. The number of carbonyl (C=O) groups is 1. The minimum Gasteiger partial charge on any atom is -0.373 e. The van der Waals surface area contributed by atoms with Crippen molar-refractivity contribution in [1.82, 2.24) is 0 Å². The summed E-state index contributed by atoms with van der Waals surface area (Å²) in [5, 5.41) is 0. The first kappa shape index (κ1) is 14.2. The van der Waals surface area contributed by atoms with Crippen LogP contribution >= 0.6 is 0 Å². The third-order valence-corrected chi connectivity index (χ3v) is 3.92. The van der Waals surface area contributed by atoms with Gasteiger partial charge in [0, 0.05) is 13.5 Å². The molecule has 1 atom stereocenters. The molecule has 1 unspecified atom stereocenters. The first-order valence-electron chi connectivity index (χ1n) is 7.00. The van der Waals surface area contributed by atoms with Crippen LogP contribution < -0.4 is 0 Å². The van der Waals surface area contributed by atoms with Crippen LogP contribution in [0.3, 0.4) is 0 Å². The molecule has 2 rings (SSSR count). The summed E-state index contributed by atoms with van der Waals surface area (Å²) >= 11 is 0. The molecule has 0 N–H and O–H groups in total. The van der Waals surface area contributed by atoms with Crippen LogP contribution in [0.5, 0.6) is 0 Å². The van der Waals surface area contributed by atoms with Crippen molar-refractivity contribution in [2.75, 3.05) is 7.11 Å². The van der Waals surface area contributed by atoms with Gasteiger partial charge in [0.25, 0.3) is 0 Å². The second kappa shape index (κ2) is 6.80. The van der Waals surface area contributed by atoms with Crippen LogP contribution in [0.25, 0.3) is 0 Å². The summed E-state index contributed by atoms with van der Waals surface area (Å²) in [6, 6.07) is 6.24. The topological polar surface area (TPSA) is 26.3 Å². The smallest absolute Gasteiger partial charge is 0.166 e. The minimum atomic E-state index is -0.330. The van der Waals surface area contributed by atoms with Crippen LogP contribution in [-0.2, 0) is 16.0 Å². The van der Waals surface area contributed by atoms with Gasteiger partial charge in [0.1, 0.15) is 11.9 Å². The third kappa shape index (κ3) is 3.87. The molecule has 3 heteroatoms. The van der Waals surface area contributed by atoms with Crippen molar-refractivity contribution in [2.24, 2.45) is 5.92 Å². The Morgan fingerprint density at radius 1 is 1.37 bits per heavy atom. The van der Waals surface area contributed by atoms with E-state index in [0.717, 1.165) is 18.4 Å². The van der Waals surface area contributed by atoms with Crippen LogP contribution in [0.4, 0.5) is 4.39 Å². The van der Waals surface area contributed by atoms with Gasteiger partial charge in [-0.1, -0.05) is 31.4 Å². The van der Waals surface area contributed by atoms with Crippen LogP contribution in [0.1, 0.15) is 37.7 Å². The van der Waals surface area contributed by atoms with Crippen LogP contribution in [0.15, 0.2) is 24.3 Å². The summed E-state index contributed by atoms with van der Waals surface area (Å²) in [6.07, 6.45) is 5.66. The van der Waals surface area contributed by atoms with E-state index >= 15 is 0 Å². The Bertz CT molecular complexity index is 425. The molecule has 0 radical (unpaired) electrons. The molecule has 0 amide bonds. The normalized spacial score (nSPS) is 18.2. The van der Waals surface area contributed by atoms with E-state index < -0.39 is 0 Å². The lowest BCUT2D eigenvalue weighted by Gasteiger charge is -2.28. The fourth-order valence-corrected chi connectivity index (χ4v) is 2.97. The lowest BCUT2D eigenvalue weighted by Crippen LogP contribution is -2.34. The quantitative estimate of drug-likeness (QED) is 0.813. The monoisotopic (exact) mass is 264 g/mol. The van der Waals surface area contributed by atoms with Crippen molar-refractivity contribution in [3.63, 3.8) is 0 Å². The molecule has 1 saturated carbocycles. The minimum absolute atomic E-state index is 0.0694. The molecule has 1 aliphatic carbocycles. The third-order valence-electron chi connectivity index (χ3n) is 3.92. The number of halogens is 1. The lowest BCUT2D eigenvalue weighted by molar-refractivity contribution is -0.132. The van der Waals surface area contributed by atoms with Gasteiger partial charge in [-0.05, 0) is 36.5 Å². The molecule has 104 valence electrons. The summed E-state index contributed by atoms with van der Waals surface area (Å²) in [7, 11) is 1.60. The van der Waals surface area contributed by atoms with E-state index in [1.54, 1.807) is 19.2 Å². The van der Waals surface area contributed by atoms with Crippen molar-refractivity contribution in [1.29, 1.82) is 0 Å². The van der Waals surface area contributed by atoms with Gasteiger partial charge in [0.2, 0.25) is 0 Å². The highest BCUT2D eigenvalue weighted by Gasteiger charge is 2.29. The molecular formula is C16H21FO2. The Kier molecular flexibility index (Phi) is 5.08. The first-order valence-corrected chi connectivity index (χ1v) is 7.00. The number of carbonyl (C=O) groups excluding carboxylic acids is 1. The molecule has 1 aromatic rings. The van der Waals surface area contributed by atoms with Gasteiger partial charge in [-0.2, -0.15) is 0 Å². The molecule has 2 nitrogen and oxygen atoms in total. The Balaban J connectivity index is 2.00. The highest BCUT2D eigenvalue weighted by Crippen LogP contribution is 2.28. The van der Waals surface area contributed by atoms with E-state index in [-0.39, 0.29) is 24.1 Å². The second-order valence-corrected chi connectivity index (χ2v) is 5.33. The summed E-state index contributed by atoms with van der Waals surface area (Å²) in [4.78, 5) is 12.3. The molecular weight excluding hydrogens is 243 g/mol. The number of methoxy groups -OCH3 is 1. The fraction of sp³-hybridized carbons (Fsp3) is 0.562. The van der Waals surface area contributed by atoms with E-state index in [1.165, 1.54) is 31.4 Å². The zero-order chi connectivity index (χ0) is 13.7. The number of benzene rings is 1. The molecule has 0 bridgehead atoms. The zero-order valence-corrected chi connectivity index (χ0v) is 11.4. The SMILES string of the molecule is COC(C(=O)Cc1cccc(F)c1)C1CCCCC1.